The molecule has 4 nitrogen and oxygen atoms in total. The molecule has 1 saturated heterocycles. The quantitative estimate of drug-likeness (QED) is 0.902. The second-order valence-electron chi connectivity index (χ2n) is 4.92. The maximum atomic E-state index is 13.4. The zero-order chi connectivity index (χ0) is 13.7. The zero-order valence-electron chi connectivity index (χ0n) is 11.3. The van der Waals surface area contributed by atoms with Crippen molar-refractivity contribution >= 4 is 24.1 Å². The van der Waals surface area contributed by atoms with Gasteiger partial charge in [-0.05, 0) is 43.9 Å². The molecule has 1 aliphatic rings. The topological polar surface area (TPSA) is 58.4 Å². The maximum Gasteiger partial charge on any atom is 0.321 e. The molecule has 0 spiro atoms. The predicted octanol–water partition coefficient (Wildman–Crippen LogP) is 2.84. The Bertz CT molecular complexity index is 436. The lowest BCUT2D eigenvalue weighted by Crippen LogP contribution is -2.41. The second kappa shape index (κ2) is 8.07. The average molecular weight is 302 g/mol. The highest BCUT2D eigenvalue weighted by molar-refractivity contribution is 5.89. The first-order valence-electron chi connectivity index (χ1n) is 6.71. The number of para-hydroxylation sites is 1. The second-order valence-corrected chi connectivity index (χ2v) is 4.92. The van der Waals surface area contributed by atoms with Gasteiger partial charge in [-0.25, -0.2) is 9.18 Å². The van der Waals surface area contributed by atoms with Gasteiger partial charge in [-0.15, -0.1) is 12.4 Å². The Hall–Kier alpha value is -1.33. The number of nitrogens with one attached hydrogen (secondary N) is 1. The molecule has 2 rings (SSSR count). The number of nitrogens with two attached hydrogens (primary N) is 1. The van der Waals surface area contributed by atoms with Crippen molar-refractivity contribution in [3.63, 3.8) is 0 Å². The number of hydrogen-bond donors (Lipinski definition) is 2. The van der Waals surface area contributed by atoms with E-state index in [1.54, 1.807) is 23.1 Å². The summed E-state index contributed by atoms with van der Waals surface area (Å²) in [7, 11) is 0. The van der Waals surface area contributed by atoms with Crippen molar-refractivity contribution in [1.82, 2.24) is 4.90 Å². The highest BCUT2D eigenvalue weighted by Crippen LogP contribution is 2.21. The van der Waals surface area contributed by atoms with Crippen LogP contribution >= 0.6 is 12.4 Å². The number of rotatable bonds is 3. The molecule has 3 N–H and O–H groups in total. The summed E-state index contributed by atoms with van der Waals surface area (Å²) in [5.41, 5.74) is 5.77. The van der Waals surface area contributed by atoms with E-state index in [4.69, 9.17) is 5.73 Å². The van der Waals surface area contributed by atoms with E-state index in [1.165, 1.54) is 6.07 Å². The van der Waals surface area contributed by atoms with Gasteiger partial charge >= 0.3 is 6.03 Å². The summed E-state index contributed by atoms with van der Waals surface area (Å²) in [6.45, 7) is 2.13. The van der Waals surface area contributed by atoms with Crippen LogP contribution in [0.3, 0.4) is 0 Å². The first-order chi connectivity index (χ1) is 9.20. The fourth-order valence-corrected chi connectivity index (χ4v) is 2.42. The van der Waals surface area contributed by atoms with Crippen LogP contribution in [-0.2, 0) is 0 Å². The van der Waals surface area contributed by atoms with Gasteiger partial charge in [0.05, 0.1) is 5.69 Å². The largest absolute Gasteiger partial charge is 0.330 e. The van der Waals surface area contributed by atoms with E-state index in [2.05, 4.69) is 5.32 Å². The minimum atomic E-state index is -0.408. The van der Waals surface area contributed by atoms with E-state index in [0.717, 1.165) is 19.3 Å². The molecule has 112 valence electrons. The molecule has 0 saturated carbocycles. The van der Waals surface area contributed by atoms with Crippen molar-refractivity contribution < 1.29 is 9.18 Å². The number of amides is 2. The zero-order valence-corrected chi connectivity index (χ0v) is 12.2. The van der Waals surface area contributed by atoms with E-state index in [1.807, 2.05) is 0 Å². The molecule has 1 fully saturated rings. The number of benzene rings is 1. The fraction of sp³-hybridized carbons (Fsp3) is 0.500. The molecular weight excluding hydrogens is 281 g/mol. The number of carbonyl (C=O) groups excluding carboxylic acids is 1. The van der Waals surface area contributed by atoms with Gasteiger partial charge in [0.25, 0.3) is 0 Å². The Morgan fingerprint density at radius 2 is 2.00 bits per heavy atom. The van der Waals surface area contributed by atoms with E-state index in [-0.39, 0.29) is 24.1 Å². The summed E-state index contributed by atoms with van der Waals surface area (Å²) in [6.07, 6.45) is 2.96. The van der Waals surface area contributed by atoms with Crippen molar-refractivity contribution in [2.45, 2.75) is 19.3 Å². The number of likely N-dealkylation sites (tertiary alicyclic amines) is 1. The lowest BCUT2D eigenvalue weighted by molar-refractivity contribution is 0.180. The van der Waals surface area contributed by atoms with Crippen LogP contribution in [0, 0.1) is 11.7 Å². The molecule has 0 aromatic heterocycles. The average Bonchev–Trinajstić information content (AvgIpc) is 2.42. The van der Waals surface area contributed by atoms with Gasteiger partial charge in [-0.1, -0.05) is 12.1 Å². The number of halogens is 2. The molecule has 0 unspecified atom stereocenters. The van der Waals surface area contributed by atoms with Gasteiger partial charge in [0.1, 0.15) is 5.82 Å². The first-order valence-corrected chi connectivity index (χ1v) is 6.71. The van der Waals surface area contributed by atoms with Crippen LogP contribution in [0.25, 0.3) is 0 Å². The summed E-state index contributed by atoms with van der Waals surface area (Å²) in [6, 6.07) is 5.98. The Morgan fingerprint density at radius 1 is 1.35 bits per heavy atom. The maximum absolute atomic E-state index is 13.4. The normalized spacial score (nSPS) is 15.6. The van der Waals surface area contributed by atoms with Crippen molar-refractivity contribution in [3.8, 4) is 0 Å². The monoisotopic (exact) mass is 301 g/mol. The summed E-state index contributed by atoms with van der Waals surface area (Å²) < 4.78 is 13.4. The molecule has 2 amide bonds. The lowest BCUT2D eigenvalue weighted by atomic mass is 9.94. The van der Waals surface area contributed by atoms with Gasteiger partial charge in [0, 0.05) is 13.1 Å². The van der Waals surface area contributed by atoms with Gasteiger partial charge in [0.2, 0.25) is 0 Å². The Balaban J connectivity index is 0.00000200. The molecular formula is C14H21ClFN3O. The Labute approximate surface area is 124 Å². The standard InChI is InChI=1S/C14H20FN3O.ClH/c15-12-3-1-2-4-13(12)17-14(19)18-9-6-11(5-8-16)7-10-18;/h1-4,11H,5-10,16H2,(H,17,19);1H. The first kappa shape index (κ1) is 16.7. The minimum Gasteiger partial charge on any atom is -0.330 e. The SMILES string of the molecule is Cl.NCCC1CCN(C(=O)Nc2ccccc2F)CC1. The summed E-state index contributed by atoms with van der Waals surface area (Å²) in [5.74, 6) is 0.205. The lowest BCUT2D eigenvalue weighted by Gasteiger charge is -2.31. The third-order valence-electron chi connectivity index (χ3n) is 3.59. The molecule has 0 bridgehead atoms. The molecule has 6 heteroatoms. The Morgan fingerprint density at radius 3 is 2.60 bits per heavy atom. The highest BCUT2D eigenvalue weighted by Gasteiger charge is 2.22. The van der Waals surface area contributed by atoms with Crippen molar-refractivity contribution in [1.29, 1.82) is 0 Å². The number of urea groups is 1. The number of hydrogen-bond acceptors (Lipinski definition) is 2. The van der Waals surface area contributed by atoms with Gasteiger partial charge in [-0.2, -0.15) is 0 Å². The summed E-state index contributed by atoms with van der Waals surface area (Å²) in [4.78, 5) is 13.7. The van der Waals surface area contributed by atoms with Crippen LogP contribution in [0.4, 0.5) is 14.9 Å². The van der Waals surface area contributed by atoms with Crippen molar-refractivity contribution in [2.75, 3.05) is 25.0 Å². The van der Waals surface area contributed by atoms with Crippen LogP contribution in [-0.4, -0.2) is 30.6 Å². The van der Waals surface area contributed by atoms with Crippen LogP contribution in [0.15, 0.2) is 24.3 Å². The Kier molecular flexibility index (Phi) is 6.75. The molecule has 0 aliphatic carbocycles. The molecule has 1 aromatic carbocycles. The minimum absolute atomic E-state index is 0. The third-order valence-corrected chi connectivity index (χ3v) is 3.59. The smallest absolute Gasteiger partial charge is 0.321 e. The summed E-state index contributed by atoms with van der Waals surface area (Å²) >= 11 is 0. The van der Waals surface area contributed by atoms with Crippen molar-refractivity contribution in [2.24, 2.45) is 11.7 Å². The van der Waals surface area contributed by atoms with Crippen LogP contribution in [0.5, 0.6) is 0 Å². The third kappa shape index (κ3) is 4.35. The molecule has 1 aliphatic heterocycles. The molecule has 20 heavy (non-hydrogen) atoms. The highest BCUT2D eigenvalue weighted by atomic mass is 35.5. The van der Waals surface area contributed by atoms with E-state index >= 15 is 0 Å². The van der Waals surface area contributed by atoms with Gasteiger partial charge < -0.3 is 16.0 Å². The van der Waals surface area contributed by atoms with E-state index in [9.17, 15) is 9.18 Å². The fourth-order valence-electron chi connectivity index (χ4n) is 2.42. The van der Waals surface area contributed by atoms with Gasteiger partial charge in [0.15, 0.2) is 0 Å². The van der Waals surface area contributed by atoms with Crippen LogP contribution in [0.1, 0.15) is 19.3 Å². The van der Waals surface area contributed by atoms with Crippen molar-refractivity contribution in [3.05, 3.63) is 30.1 Å². The number of nitrogens with zero attached hydrogens (tertiary/aromatic N) is 1. The molecule has 1 aromatic rings. The number of piperidine rings is 1. The molecule has 0 atom stereocenters. The predicted molar refractivity (Wildman–Crippen MR) is 80.6 cm³/mol. The number of anilines is 1. The van der Waals surface area contributed by atoms with Crippen LogP contribution < -0.4 is 11.1 Å². The van der Waals surface area contributed by atoms with E-state index < -0.39 is 5.82 Å². The van der Waals surface area contributed by atoms with E-state index in [0.29, 0.717) is 25.6 Å². The molecule has 0 radical (unpaired) electrons. The summed E-state index contributed by atoms with van der Waals surface area (Å²) in [5, 5.41) is 2.61. The molecule has 1 heterocycles. The van der Waals surface area contributed by atoms with Crippen LogP contribution in [0.2, 0.25) is 0 Å². The van der Waals surface area contributed by atoms with Gasteiger partial charge in [-0.3, -0.25) is 0 Å². The number of carbonyl (C=O) groups is 1.